The molecule has 2 rings (SSSR count). The predicted octanol–water partition coefficient (Wildman–Crippen LogP) is 4.17. The van der Waals surface area contributed by atoms with Crippen molar-refractivity contribution >= 4 is 35.3 Å². The van der Waals surface area contributed by atoms with Crippen molar-refractivity contribution in [2.24, 2.45) is 5.92 Å². The summed E-state index contributed by atoms with van der Waals surface area (Å²) in [5.41, 5.74) is 2.12. The van der Waals surface area contributed by atoms with Gasteiger partial charge in [-0.25, -0.2) is 4.98 Å². The maximum atomic E-state index is 5.98. The molecule has 0 amide bonds. The van der Waals surface area contributed by atoms with Gasteiger partial charge in [0.15, 0.2) is 0 Å². The number of halogens is 1. The van der Waals surface area contributed by atoms with E-state index in [1.165, 1.54) is 0 Å². The van der Waals surface area contributed by atoms with Crippen LogP contribution in [0.4, 0.5) is 0 Å². The molecule has 0 aliphatic carbocycles. The first-order valence-electron chi connectivity index (χ1n) is 5.87. The lowest BCUT2D eigenvalue weighted by Crippen LogP contribution is -2.04. The number of aryl methyl sites for hydroxylation is 1. The van der Waals surface area contributed by atoms with Crippen molar-refractivity contribution in [3.05, 3.63) is 29.0 Å². The fourth-order valence-electron chi connectivity index (χ4n) is 1.91. The average molecular weight is 269 g/mol. The van der Waals surface area contributed by atoms with E-state index in [9.17, 15) is 0 Å². The van der Waals surface area contributed by atoms with Gasteiger partial charge in [0, 0.05) is 17.3 Å². The lowest BCUT2D eigenvalue weighted by atomic mass is 10.1. The van der Waals surface area contributed by atoms with Crippen molar-refractivity contribution in [2.75, 3.05) is 0 Å². The van der Waals surface area contributed by atoms with Crippen LogP contribution in [0.3, 0.4) is 0 Å². The van der Waals surface area contributed by atoms with E-state index in [0.717, 1.165) is 34.8 Å². The fraction of sp³-hybridized carbons (Fsp3) is 0.462. The molecule has 0 N–H and O–H groups in total. The van der Waals surface area contributed by atoms with Crippen LogP contribution in [0, 0.1) is 5.92 Å². The highest BCUT2D eigenvalue weighted by atomic mass is 35.5. The highest BCUT2D eigenvalue weighted by Crippen LogP contribution is 2.22. The molecule has 4 heteroatoms. The van der Waals surface area contributed by atoms with E-state index in [2.05, 4.69) is 36.0 Å². The van der Waals surface area contributed by atoms with E-state index in [1.54, 1.807) is 0 Å². The number of hydrogen-bond donors (Lipinski definition) is 1. The Morgan fingerprint density at radius 2 is 2.18 bits per heavy atom. The SMILES string of the molecule is CC(C)CCn1c(CS)nc2cc(Cl)ccc21. The summed E-state index contributed by atoms with van der Waals surface area (Å²) in [5, 5.41) is 0.733. The molecule has 0 unspecified atom stereocenters. The number of benzene rings is 1. The van der Waals surface area contributed by atoms with Gasteiger partial charge in [-0.1, -0.05) is 25.4 Å². The molecule has 92 valence electrons. The molecule has 0 spiro atoms. The molecular weight excluding hydrogens is 252 g/mol. The maximum absolute atomic E-state index is 5.98. The van der Waals surface area contributed by atoms with Crippen LogP contribution in [-0.2, 0) is 12.3 Å². The summed E-state index contributed by atoms with van der Waals surface area (Å²) in [6.45, 7) is 5.46. The van der Waals surface area contributed by atoms with Crippen molar-refractivity contribution in [1.82, 2.24) is 9.55 Å². The van der Waals surface area contributed by atoms with Gasteiger partial charge in [0.1, 0.15) is 5.82 Å². The first kappa shape index (κ1) is 12.8. The Morgan fingerprint density at radius 1 is 1.41 bits per heavy atom. The summed E-state index contributed by atoms with van der Waals surface area (Å²) in [6.07, 6.45) is 1.15. The number of rotatable bonds is 4. The Bertz CT molecular complexity index is 519. The molecule has 1 aromatic carbocycles. The molecule has 1 aromatic heterocycles. The van der Waals surface area contributed by atoms with Gasteiger partial charge in [0.05, 0.1) is 11.0 Å². The van der Waals surface area contributed by atoms with Crippen LogP contribution in [0.5, 0.6) is 0 Å². The fourth-order valence-corrected chi connectivity index (χ4v) is 2.32. The quantitative estimate of drug-likeness (QED) is 0.824. The Morgan fingerprint density at radius 3 is 2.82 bits per heavy atom. The van der Waals surface area contributed by atoms with E-state index in [-0.39, 0.29) is 0 Å². The number of hydrogen-bond acceptors (Lipinski definition) is 2. The molecule has 0 radical (unpaired) electrons. The topological polar surface area (TPSA) is 17.8 Å². The molecule has 0 aliphatic heterocycles. The van der Waals surface area contributed by atoms with Gasteiger partial charge in [-0.3, -0.25) is 0 Å². The molecule has 2 aromatic rings. The molecule has 0 fully saturated rings. The Hall–Kier alpha value is -0.670. The zero-order valence-corrected chi connectivity index (χ0v) is 11.8. The van der Waals surface area contributed by atoms with Crippen LogP contribution >= 0.6 is 24.2 Å². The molecule has 17 heavy (non-hydrogen) atoms. The first-order chi connectivity index (χ1) is 8.11. The van der Waals surface area contributed by atoms with Crippen LogP contribution in [0.25, 0.3) is 11.0 Å². The minimum Gasteiger partial charge on any atom is -0.327 e. The van der Waals surface area contributed by atoms with Gasteiger partial charge in [-0.2, -0.15) is 12.6 Å². The summed E-state index contributed by atoms with van der Waals surface area (Å²) in [4.78, 5) is 4.57. The van der Waals surface area contributed by atoms with Crippen molar-refractivity contribution in [2.45, 2.75) is 32.6 Å². The molecular formula is C13H17ClN2S. The highest BCUT2D eigenvalue weighted by molar-refractivity contribution is 7.79. The summed E-state index contributed by atoms with van der Waals surface area (Å²) in [7, 11) is 0. The van der Waals surface area contributed by atoms with E-state index in [0.29, 0.717) is 11.7 Å². The molecule has 0 atom stereocenters. The molecule has 0 saturated carbocycles. The lowest BCUT2D eigenvalue weighted by Gasteiger charge is -2.09. The third-order valence-corrected chi connectivity index (χ3v) is 3.38. The first-order valence-corrected chi connectivity index (χ1v) is 6.88. The summed E-state index contributed by atoms with van der Waals surface area (Å²) >= 11 is 10.3. The minimum absolute atomic E-state index is 0.657. The third-order valence-electron chi connectivity index (χ3n) is 2.86. The average Bonchev–Trinajstić information content (AvgIpc) is 2.63. The van der Waals surface area contributed by atoms with Crippen molar-refractivity contribution < 1.29 is 0 Å². The summed E-state index contributed by atoms with van der Waals surface area (Å²) in [5.74, 6) is 2.36. The normalized spacial score (nSPS) is 11.6. The van der Waals surface area contributed by atoms with Crippen LogP contribution in [-0.4, -0.2) is 9.55 Å². The molecule has 1 heterocycles. The smallest absolute Gasteiger partial charge is 0.119 e. The third kappa shape index (κ3) is 2.78. The van der Waals surface area contributed by atoms with Crippen LogP contribution in [0.2, 0.25) is 5.02 Å². The Balaban J connectivity index is 2.43. The second-order valence-corrected chi connectivity index (χ2v) is 5.41. The van der Waals surface area contributed by atoms with Gasteiger partial charge in [0.25, 0.3) is 0 Å². The van der Waals surface area contributed by atoms with Gasteiger partial charge < -0.3 is 4.57 Å². The highest BCUT2D eigenvalue weighted by Gasteiger charge is 2.10. The van der Waals surface area contributed by atoms with Crippen molar-refractivity contribution in [3.8, 4) is 0 Å². The van der Waals surface area contributed by atoms with Gasteiger partial charge in [-0.05, 0) is 30.5 Å². The zero-order valence-electron chi connectivity index (χ0n) is 10.2. The van der Waals surface area contributed by atoms with E-state index in [4.69, 9.17) is 11.6 Å². The largest absolute Gasteiger partial charge is 0.327 e. The second-order valence-electron chi connectivity index (χ2n) is 4.65. The predicted molar refractivity (Wildman–Crippen MR) is 76.9 cm³/mol. The number of thiol groups is 1. The standard InChI is InChI=1S/C13H17ClN2S/c1-9(2)5-6-16-12-4-3-10(14)7-11(12)15-13(16)8-17/h3-4,7,9,17H,5-6,8H2,1-2H3. The Kier molecular flexibility index (Phi) is 4.00. The molecule has 0 bridgehead atoms. The van der Waals surface area contributed by atoms with Crippen LogP contribution in [0.15, 0.2) is 18.2 Å². The van der Waals surface area contributed by atoms with E-state index < -0.39 is 0 Å². The number of imidazole rings is 1. The van der Waals surface area contributed by atoms with Crippen LogP contribution in [0.1, 0.15) is 26.1 Å². The number of nitrogens with zero attached hydrogens (tertiary/aromatic N) is 2. The summed E-state index contributed by atoms with van der Waals surface area (Å²) < 4.78 is 2.25. The van der Waals surface area contributed by atoms with Crippen molar-refractivity contribution in [1.29, 1.82) is 0 Å². The Labute approximate surface area is 112 Å². The van der Waals surface area contributed by atoms with Gasteiger partial charge in [0.2, 0.25) is 0 Å². The van der Waals surface area contributed by atoms with Gasteiger partial charge in [-0.15, -0.1) is 0 Å². The maximum Gasteiger partial charge on any atom is 0.119 e. The molecule has 2 nitrogen and oxygen atoms in total. The molecule has 0 aliphatic rings. The number of aromatic nitrogens is 2. The lowest BCUT2D eigenvalue weighted by molar-refractivity contribution is 0.516. The van der Waals surface area contributed by atoms with Crippen LogP contribution < -0.4 is 0 Å². The van der Waals surface area contributed by atoms with Gasteiger partial charge >= 0.3 is 0 Å². The minimum atomic E-state index is 0.657. The van der Waals surface area contributed by atoms with E-state index >= 15 is 0 Å². The number of fused-ring (bicyclic) bond motifs is 1. The molecule has 0 saturated heterocycles. The van der Waals surface area contributed by atoms with Crippen molar-refractivity contribution in [3.63, 3.8) is 0 Å². The summed E-state index contributed by atoms with van der Waals surface area (Å²) in [6, 6.07) is 5.87. The monoisotopic (exact) mass is 268 g/mol. The van der Waals surface area contributed by atoms with E-state index in [1.807, 2.05) is 18.2 Å². The zero-order chi connectivity index (χ0) is 12.4. The second kappa shape index (κ2) is 5.32.